The van der Waals surface area contributed by atoms with Crippen molar-refractivity contribution in [1.82, 2.24) is 5.43 Å². The zero-order valence-corrected chi connectivity index (χ0v) is 18.7. The molecule has 2 heterocycles. The van der Waals surface area contributed by atoms with Gasteiger partial charge >= 0.3 is 0 Å². The number of sulfonamides is 1. The second-order valence-corrected chi connectivity index (χ2v) is 10.4. The number of amidine groups is 1. The molecule has 2 aliphatic heterocycles. The monoisotopic (exact) mass is 448 g/mol. The second-order valence-electron chi connectivity index (χ2n) is 7.22. The lowest BCUT2D eigenvalue weighted by molar-refractivity contribution is 0.590. The molecule has 0 fully saturated rings. The first-order valence-corrected chi connectivity index (χ1v) is 12.4. The van der Waals surface area contributed by atoms with Gasteiger partial charge in [0.1, 0.15) is 0 Å². The van der Waals surface area contributed by atoms with Crippen LogP contribution in [0.2, 0.25) is 5.02 Å². The van der Waals surface area contributed by atoms with Gasteiger partial charge in [-0.2, -0.15) is 5.10 Å². The smallest absolute Gasteiger partial charge is 0.232 e. The predicted molar refractivity (Wildman–Crippen MR) is 122 cm³/mol. The maximum atomic E-state index is 12.1. The highest BCUT2D eigenvalue weighted by molar-refractivity contribution is 8.14. The number of benzene rings is 2. The number of fused-ring (bicyclic) bond motifs is 1. The minimum Gasteiger partial charge on any atom is -0.267 e. The third-order valence-electron chi connectivity index (χ3n) is 5.02. The van der Waals surface area contributed by atoms with Crippen LogP contribution in [0.5, 0.6) is 0 Å². The number of aliphatic imine (C=N–C) groups is 1. The number of hydrogen-bond donors (Lipinski definition) is 1. The summed E-state index contributed by atoms with van der Waals surface area (Å²) >= 11 is 7.74. The normalized spacial score (nSPS) is 20.4. The lowest BCUT2D eigenvalue weighted by atomic mass is 10.0. The van der Waals surface area contributed by atoms with Crippen molar-refractivity contribution in [3.8, 4) is 0 Å². The van der Waals surface area contributed by atoms with Crippen LogP contribution in [0.1, 0.15) is 23.6 Å². The van der Waals surface area contributed by atoms with Crippen molar-refractivity contribution in [2.45, 2.75) is 26.3 Å². The highest BCUT2D eigenvalue weighted by Gasteiger charge is 2.32. The Morgan fingerprint density at radius 2 is 2.10 bits per heavy atom. The molecule has 0 aliphatic carbocycles. The molecular weight excluding hydrogens is 428 g/mol. The number of rotatable bonds is 3. The fourth-order valence-corrected chi connectivity index (χ4v) is 5.85. The van der Waals surface area contributed by atoms with Crippen LogP contribution in [0.25, 0.3) is 0 Å². The van der Waals surface area contributed by atoms with Gasteiger partial charge in [-0.15, -0.1) is 0 Å². The molecule has 0 unspecified atom stereocenters. The van der Waals surface area contributed by atoms with Gasteiger partial charge < -0.3 is 0 Å². The Hall–Kier alpha value is -2.03. The number of halogens is 1. The van der Waals surface area contributed by atoms with E-state index in [1.54, 1.807) is 11.8 Å². The van der Waals surface area contributed by atoms with Crippen LogP contribution >= 0.6 is 23.4 Å². The maximum Gasteiger partial charge on any atom is 0.232 e. The molecule has 6 nitrogen and oxygen atoms in total. The Morgan fingerprint density at radius 1 is 1.31 bits per heavy atom. The summed E-state index contributed by atoms with van der Waals surface area (Å²) in [6, 6.07) is 11.4. The van der Waals surface area contributed by atoms with Crippen molar-refractivity contribution in [2.24, 2.45) is 10.1 Å². The SMILES string of the molecule is Cc1c(Cl)cccc1N=C1NN=C(c2ccc3c(c2)C[C@H](C)N3S(C)(=O)=O)CS1. The van der Waals surface area contributed by atoms with Crippen LogP contribution in [0.15, 0.2) is 46.5 Å². The van der Waals surface area contributed by atoms with E-state index >= 15 is 0 Å². The van der Waals surface area contributed by atoms with E-state index in [4.69, 9.17) is 11.6 Å². The highest BCUT2D eigenvalue weighted by atomic mass is 35.5. The number of anilines is 1. The molecule has 29 heavy (non-hydrogen) atoms. The molecule has 0 amide bonds. The lowest BCUT2D eigenvalue weighted by Crippen LogP contribution is -2.34. The van der Waals surface area contributed by atoms with Gasteiger partial charge in [0.05, 0.1) is 23.3 Å². The number of thioether (sulfide) groups is 1. The van der Waals surface area contributed by atoms with Gasteiger partial charge in [0.15, 0.2) is 5.17 Å². The van der Waals surface area contributed by atoms with Crippen molar-refractivity contribution in [3.05, 3.63) is 58.1 Å². The van der Waals surface area contributed by atoms with Crippen LogP contribution in [0.4, 0.5) is 11.4 Å². The summed E-state index contributed by atoms with van der Waals surface area (Å²) in [5, 5.41) is 5.90. The quantitative estimate of drug-likeness (QED) is 0.767. The van der Waals surface area contributed by atoms with Crippen LogP contribution in [0.3, 0.4) is 0 Å². The van der Waals surface area contributed by atoms with Crippen molar-refractivity contribution < 1.29 is 8.42 Å². The van der Waals surface area contributed by atoms with Crippen molar-refractivity contribution in [3.63, 3.8) is 0 Å². The fraction of sp³-hybridized carbons (Fsp3) is 0.300. The summed E-state index contributed by atoms with van der Waals surface area (Å²) in [5.74, 6) is 0.676. The summed E-state index contributed by atoms with van der Waals surface area (Å²) < 4.78 is 25.7. The van der Waals surface area contributed by atoms with Gasteiger partial charge in [0, 0.05) is 16.8 Å². The molecule has 2 aromatic carbocycles. The summed E-state index contributed by atoms with van der Waals surface area (Å²) in [5.41, 5.74) is 8.47. The second kappa shape index (κ2) is 7.66. The topological polar surface area (TPSA) is 74.1 Å². The van der Waals surface area contributed by atoms with Crippen LogP contribution in [-0.2, 0) is 16.4 Å². The molecule has 0 saturated heterocycles. The molecule has 1 atom stereocenters. The van der Waals surface area contributed by atoms with E-state index in [1.165, 1.54) is 10.6 Å². The lowest BCUT2D eigenvalue weighted by Gasteiger charge is -2.22. The minimum atomic E-state index is -3.29. The van der Waals surface area contributed by atoms with Crippen LogP contribution < -0.4 is 9.73 Å². The van der Waals surface area contributed by atoms with Gasteiger partial charge in [-0.1, -0.05) is 35.5 Å². The molecule has 2 aromatic rings. The average molecular weight is 449 g/mol. The van der Waals surface area contributed by atoms with E-state index in [0.29, 0.717) is 17.2 Å². The molecule has 0 spiro atoms. The standard InChI is InChI=1S/C20H21ClN4O2S2/c1-12-9-15-10-14(7-8-19(15)25(12)29(3,26)27)18-11-28-20(24-23-18)22-17-6-4-5-16(21)13(17)2/h4-8,10,12H,9,11H2,1-3H3,(H,22,24)/t12-/m0/s1. The molecule has 0 saturated carbocycles. The molecular formula is C20H21ClN4O2S2. The maximum absolute atomic E-state index is 12.1. The van der Waals surface area contributed by atoms with E-state index < -0.39 is 10.0 Å². The first kappa shape index (κ1) is 20.3. The first-order valence-electron chi connectivity index (χ1n) is 9.16. The Labute approximate surface area is 180 Å². The molecule has 9 heteroatoms. The largest absolute Gasteiger partial charge is 0.267 e. The molecule has 0 bridgehead atoms. The Balaban J connectivity index is 1.57. The van der Waals surface area contributed by atoms with E-state index in [9.17, 15) is 8.42 Å². The molecule has 4 rings (SSSR count). The van der Waals surface area contributed by atoms with Gasteiger partial charge in [-0.05, 0) is 61.2 Å². The fourth-order valence-electron chi connectivity index (χ4n) is 3.64. The van der Waals surface area contributed by atoms with Gasteiger partial charge in [-0.3, -0.25) is 9.73 Å². The number of nitrogens with one attached hydrogen (secondary N) is 1. The van der Waals surface area contributed by atoms with Crippen LogP contribution in [-0.4, -0.2) is 37.3 Å². The molecule has 152 valence electrons. The van der Waals surface area contributed by atoms with Crippen LogP contribution in [0, 0.1) is 6.92 Å². The summed E-state index contributed by atoms with van der Waals surface area (Å²) in [6.07, 6.45) is 1.95. The predicted octanol–water partition coefficient (Wildman–Crippen LogP) is 4.09. The van der Waals surface area contributed by atoms with Gasteiger partial charge in [0.2, 0.25) is 10.0 Å². The van der Waals surface area contributed by atoms with Crippen molar-refractivity contribution in [2.75, 3.05) is 16.3 Å². The summed E-state index contributed by atoms with van der Waals surface area (Å²) in [7, 11) is -3.29. The van der Waals surface area contributed by atoms with E-state index in [1.807, 2.05) is 50.2 Å². The molecule has 0 radical (unpaired) electrons. The zero-order chi connectivity index (χ0) is 20.8. The third kappa shape index (κ3) is 4.01. The number of hydrazone groups is 1. The van der Waals surface area contributed by atoms with E-state index in [0.717, 1.165) is 38.9 Å². The Morgan fingerprint density at radius 3 is 2.79 bits per heavy atom. The zero-order valence-electron chi connectivity index (χ0n) is 16.3. The molecule has 1 N–H and O–H groups in total. The van der Waals surface area contributed by atoms with Crippen molar-refractivity contribution in [1.29, 1.82) is 0 Å². The van der Waals surface area contributed by atoms with Crippen molar-refractivity contribution >= 4 is 55.6 Å². The average Bonchev–Trinajstić information content (AvgIpc) is 3.01. The summed E-state index contributed by atoms with van der Waals surface area (Å²) in [6.45, 7) is 3.87. The molecule has 0 aromatic heterocycles. The number of nitrogens with zero attached hydrogens (tertiary/aromatic N) is 3. The Bertz CT molecular complexity index is 1150. The molecule has 2 aliphatic rings. The number of hydrogen-bond acceptors (Lipinski definition) is 5. The minimum absolute atomic E-state index is 0.0734. The van der Waals surface area contributed by atoms with E-state index in [2.05, 4.69) is 15.5 Å². The van der Waals surface area contributed by atoms with Gasteiger partial charge in [0.25, 0.3) is 0 Å². The van der Waals surface area contributed by atoms with Gasteiger partial charge in [-0.25, -0.2) is 13.4 Å². The van der Waals surface area contributed by atoms with E-state index in [-0.39, 0.29) is 6.04 Å². The first-order chi connectivity index (χ1) is 13.7. The summed E-state index contributed by atoms with van der Waals surface area (Å²) in [4.78, 5) is 4.61. The third-order valence-corrected chi connectivity index (χ3v) is 7.57. The Kier molecular flexibility index (Phi) is 5.35. The highest BCUT2D eigenvalue weighted by Crippen LogP contribution is 2.35.